The van der Waals surface area contributed by atoms with Gasteiger partial charge in [-0.05, 0) is 18.2 Å². The van der Waals surface area contributed by atoms with Crippen molar-refractivity contribution in [1.82, 2.24) is 0 Å². The fourth-order valence-corrected chi connectivity index (χ4v) is 1.26. The highest BCUT2D eigenvalue weighted by molar-refractivity contribution is 5.86. The third-order valence-corrected chi connectivity index (χ3v) is 1.89. The Morgan fingerprint density at radius 1 is 1.27 bits per heavy atom. The van der Waals surface area contributed by atoms with Crippen LogP contribution in [-0.2, 0) is 4.79 Å². The molecule has 0 aliphatic heterocycles. The van der Waals surface area contributed by atoms with Crippen molar-refractivity contribution >= 4 is 17.4 Å². The molecule has 0 spiro atoms. The van der Waals surface area contributed by atoms with Crippen LogP contribution in [0, 0.1) is 0 Å². The maximum Gasteiger partial charge on any atom is 0.336 e. The zero-order chi connectivity index (χ0) is 10.8. The van der Waals surface area contributed by atoms with Gasteiger partial charge in [0, 0.05) is 11.5 Å². The Kier molecular flexibility index (Phi) is 2.13. The smallest absolute Gasteiger partial charge is 0.336 e. The first-order valence-electron chi connectivity index (χ1n) is 4.08. The van der Waals surface area contributed by atoms with E-state index in [0.29, 0.717) is 5.39 Å². The van der Waals surface area contributed by atoms with Crippen LogP contribution in [0.5, 0.6) is 11.5 Å². The molecule has 0 saturated carbocycles. The molecule has 0 fully saturated rings. The lowest BCUT2D eigenvalue weighted by atomic mass is 10.2. The van der Waals surface area contributed by atoms with Crippen LogP contribution in [0.4, 0.5) is 0 Å². The Hall–Kier alpha value is -2.30. The van der Waals surface area contributed by atoms with Gasteiger partial charge in [0.15, 0.2) is 11.3 Å². The van der Waals surface area contributed by atoms with Gasteiger partial charge in [-0.1, -0.05) is 0 Å². The number of phenolic OH excluding ortho intramolecular Hbond substituents is 1. The van der Waals surface area contributed by atoms with Crippen LogP contribution in [0.25, 0.3) is 11.0 Å². The average Bonchev–Trinajstić information content (AvgIpc) is 2.23. The minimum absolute atomic E-state index is 0.0506. The molecule has 0 bridgehead atoms. The number of fused-ring (bicyclic) bond motifs is 1. The monoisotopic (exact) mass is 206 g/mol. The predicted molar refractivity (Wildman–Crippen MR) is 50.8 cm³/mol. The molecule has 0 saturated heterocycles. The number of phenols is 1. The minimum Gasteiger partial charge on any atom is -0.504 e. The molecule has 1 heterocycles. The van der Waals surface area contributed by atoms with Crippen molar-refractivity contribution in [2.45, 2.75) is 0 Å². The quantitative estimate of drug-likeness (QED) is 0.586. The predicted octanol–water partition coefficient (Wildman–Crippen LogP) is 1.03. The zero-order valence-corrected chi connectivity index (χ0v) is 7.47. The van der Waals surface area contributed by atoms with Gasteiger partial charge >= 0.3 is 5.63 Å². The fraction of sp³-hybridized carbons (Fsp3) is 0. The van der Waals surface area contributed by atoms with Crippen molar-refractivity contribution in [3.63, 3.8) is 0 Å². The maximum absolute atomic E-state index is 11.0. The van der Waals surface area contributed by atoms with Crippen LogP contribution in [0.15, 0.2) is 33.5 Å². The highest BCUT2D eigenvalue weighted by Gasteiger charge is 2.10. The SMILES string of the molecule is O=COc1c(O)ccc2ccc(=O)oc12. The van der Waals surface area contributed by atoms with Crippen molar-refractivity contribution in [3.05, 3.63) is 34.7 Å². The molecular formula is C10H6O5. The van der Waals surface area contributed by atoms with Crippen LogP contribution in [-0.4, -0.2) is 11.6 Å². The molecule has 76 valence electrons. The molecule has 15 heavy (non-hydrogen) atoms. The van der Waals surface area contributed by atoms with Crippen molar-refractivity contribution in [1.29, 1.82) is 0 Å². The number of ether oxygens (including phenoxy) is 1. The van der Waals surface area contributed by atoms with Gasteiger partial charge in [0.05, 0.1) is 0 Å². The van der Waals surface area contributed by atoms with Gasteiger partial charge in [-0.3, -0.25) is 4.79 Å². The molecule has 5 heteroatoms. The number of carbonyl (C=O) groups excluding carboxylic acids is 1. The molecule has 2 aromatic rings. The van der Waals surface area contributed by atoms with Crippen LogP contribution < -0.4 is 10.4 Å². The van der Waals surface area contributed by atoms with E-state index < -0.39 is 5.63 Å². The molecule has 2 rings (SSSR count). The van der Waals surface area contributed by atoms with Gasteiger partial charge in [-0.2, -0.15) is 0 Å². The number of aromatic hydroxyl groups is 1. The number of hydrogen-bond donors (Lipinski definition) is 1. The largest absolute Gasteiger partial charge is 0.504 e. The summed E-state index contributed by atoms with van der Waals surface area (Å²) < 4.78 is 9.37. The summed E-state index contributed by atoms with van der Waals surface area (Å²) in [5.74, 6) is -0.413. The summed E-state index contributed by atoms with van der Waals surface area (Å²) >= 11 is 0. The normalized spacial score (nSPS) is 10.1. The van der Waals surface area contributed by atoms with E-state index in [-0.39, 0.29) is 23.6 Å². The lowest BCUT2D eigenvalue weighted by Gasteiger charge is -2.03. The van der Waals surface area contributed by atoms with Crippen molar-refractivity contribution in [2.24, 2.45) is 0 Å². The lowest BCUT2D eigenvalue weighted by Crippen LogP contribution is -1.97. The summed E-state index contributed by atoms with van der Waals surface area (Å²) in [6, 6.07) is 5.65. The summed E-state index contributed by atoms with van der Waals surface area (Å²) in [6.07, 6.45) is 0. The van der Waals surface area contributed by atoms with E-state index >= 15 is 0 Å². The summed E-state index contributed by atoms with van der Waals surface area (Å²) in [7, 11) is 0. The van der Waals surface area contributed by atoms with E-state index in [9.17, 15) is 14.7 Å². The summed E-state index contributed by atoms with van der Waals surface area (Å²) in [6.45, 7) is 0.154. The molecule has 0 radical (unpaired) electrons. The van der Waals surface area contributed by atoms with E-state index in [0.717, 1.165) is 0 Å². The number of benzene rings is 1. The van der Waals surface area contributed by atoms with E-state index in [2.05, 4.69) is 4.74 Å². The van der Waals surface area contributed by atoms with Crippen LogP contribution >= 0.6 is 0 Å². The molecule has 1 aromatic heterocycles. The molecule has 1 aromatic carbocycles. The Morgan fingerprint density at radius 2 is 2.00 bits per heavy atom. The molecule has 0 unspecified atom stereocenters. The highest BCUT2D eigenvalue weighted by Crippen LogP contribution is 2.33. The topological polar surface area (TPSA) is 76.7 Å². The third-order valence-electron chi connectivity index (χ3n) is 1.89. The highest BCUT2D eigenvalue weighted by atomic mass is 16.5. The van der Waals surface area contributed by atoms with Crippen molar-refractivity contribution in [3.8, 4) is 11.5 Å². The van der Waals surface area contributed by atoms with Crippen LogP contribution in [0.1, 0.15) is 0 Å². The Labute approximate surface area is 83.5 Å². The minimum atomic E-state index is -0.580. The van der Waals surface area contributed by atoms with Gasteiger partial charge in [0.1, 0.15) is 0 Å². The Morgan fingerprint density at radius 3 is 2.73 bits per heavy atom. The van der Waals surface area contributed by atoms with Crippen molar-refractivity contribution in [2.75, 3.05) is 0 Å². The molecule has 1 N–H and O–H groups in total. The van der Waals surface area contributed by atoms with E-state index in [1.165, 1.54) is 18.2 Å². The van der Waals surface area contributed by atoms with Gasteiger partial charge in [0.25, 0.3) is 6.47 Å². The van der Waals surface area contributed by atoms with Crippen LogP contribution in [0.3, 0.4) is 0 Å². The standard InChI is InChI=1S/C10H6O5/c11-5-14-10-7(12)3-1-6-2-4-8(13)15-9(6)10/h1-5,12H. The third kappa shape index (κ3) is 1.54. The van der Waals surface area contributed by atoms with Gasteiger partial charge in [-0.25, -0.2) is 4.79 Å². The summed E-state index contributed by atoms with van der Waals surface area (Å²) in [5.41, 5.74) is -0.529. The first-order valence-corrected chi connectivity index (χ1v) is 4.08. The Balaban J connectivity index is 2.83. The number of hydrogen-bond acceptors (Lipinski definition) is 5. The second kappa shape index (κ2) is 3.45. The summed E-state index contributed by atoms with van der Waals surface area (Å²) in [4.78, 5) is 21.2. The molecule has 0 aliphatic rings. The van der Waals surface area contributed by atoms with Crippen molar-refractivity contribution < 1.29 is 19.1 Å². The molecule has 0 amide bonds. The summed E-state index contributed by atoms with van der Waals surface area (Å²) in [5, 5.41) is 9.94. The second-order valence-electron chi connectivity index (χ2n) is 2.80. The van der Waals surface area contributed by atoms with E-state index in [4.69, 9.17) is 4.42 Å². The van der Waals surface area contributed by atoms with Gasteiger partial charge in [0.2, 0.25) is 5.75 Å². The molecule has 0 atom stereocenters. The fourth-order valence-electron chi connectivity index (χ4n) is 1.26. The zero-order valence-electron chi connectivity index (χ0n) is 7.47. The number of rotatable bonds is 2. The maximum atomic E-state index is 11.0. The van der Waals surface area contributed by atoms with Crippen LogP contribution in [0.2, 0.25) is 0 Å². The molecular weight excluding hydrogens is 200 g/mol. The van der Waals surface area contributed by atoms with Gasteiger partial charge in [-0.15, -0.1) is 0 Å². The molecule has 0 aliphatic carbocycles. The lowest BCUT2D eigenvalue weighted by molar-refractivity contribution is -0.120. The Bertz CT molecular complexity index is 570. The van der Waals surface area contributed by atoms with E-state index in [1.54, 1.807) is 6.07 Å². The first-order chi connectivity index (χ1) is 7.22. The number of carbonyl (C=O) groups is 1. The van der Waals surface area contributed by atoms with E-state index in [1.807, 2.05) is 0 Å². The second-order valence-corrected chi connectivity index (χ2v) is 2.80. The average molecular weight is 206 g/mol. The van der Waals surface area contributed by atoms with Gasteiger partial charge < -0.3 is 14.3 Å². The molecule has 5 nitrogen and oxygen atoms in total. The first kappa shape index (κ1) is 9.26.